The van der Waals surface area contributed by atoms with Crippen molar-refractivity contribution in [3.05, 3.63) is 35.4 Å². The Morgan fingerprint density at radius 3 is 2.10 bits per heavy atom. The summed E-state index contributed by atoms with van der Waals surface area (Å²) in [6, 6.07) is 8.28. The first-order valence-corrected chi connectivity index (χ1v) is 7.11. The highest BCUT2D eigenvalue weighted by atomic mass is 16.3. The number of hydrogen-bond donors (Lipinski definition) is 1. The fourth-order valence-corrected chi connectivity index (χ4v) is 2.35. The maximum atomic E-state index is 10.5. The first-order valence-electron chi connectivity index (χ1n) is 7.11. The van der Waals surface area contributed by atoms with Gasteiger partial charge in [-0.3, -0.25) is 0 Å². The van der Waals surface area contributed by atoms with E-state index < -0.39 is 0 Å². The van der Waals surface area contributed by atoms with Gasteiger partial charge in [0.1, 0.15) is 0 Å². The predicted molar refractivity (Wildman–Crippen MR) is 83.1 cm³/mol. The van der Waals surface area contributed by atoms with Gasteiger partial charge in [0.15, 0.2) is 0 Å². The Bertz CT molecular complexity index is 601. The molecule has 0 saturated heterocycles. The highest BCUT2D eigenvalue weighted by molar-refractivity contribution is 5.66. The Hall–Kier alpha value is -1.77. The summed E-state index contributed by atoms with van der Waals surface area (Å²) in [5.41, 5.74) is 3.84. The predicted octanol–water partition coefficient (Wildman–Crippen LogP) is 4.44. The quantitative estimate of drug-likeness (QED) is 0.877. The molecule has 0 amide bonds. The molecular weight excluding hydrogens is 248 g/mol. The van der Waals surface area contributed by atoms with Gasteiger partial charge in [-0.05, 0) is 33.6 Å². The molecule has 1 heterocycles. The lowest BCUT2D eigenvalue weighted by atomic mass is 9.98. The standard InChI is InChI=1S/C17H24N2O/c1-11(2)14-15(13-9-7-12(3)8-10-13)18-19(16(14)20)17(4,5)6/h7-11,20H,1-6H3. The molecule has 1 N–H and O–H groups in total. The van der Waals surface area contributed by atoms with E-state index >= 15 is 0 Å². The molecule has 0 atom stereocenters. The van der Waals surface area contributed by atoms with Gasteiger partial charge in [-0.1, -0.05) is 43.7 Å². The van der Waals surface area contributed by atoms with Crippen molar-refractivity contribution in [1.82, 2.24) is 9.78 Å². The monoisotopic (exact) mass is 272 g/mol. The molecule has 0 aliphatic carbocycles. The van der Waals surface area contributed by atoms with Crippen LogP contribution in [0, 0.1) is 6.92 Å². The van der Waals surface area contributed by atoms with E-state index in [0.29, 0.717) is 0 Å². The van der Waals surface area contributed by atoms with E-state index in [1.165, 1.54) is 5.56 Å². The first kappa shape index (κ1) is 14.6. The summed E-state index contributed by atoms with van der Waals surface area (Å²) in [5.74, 6) is 0.505. The van der Waals surface area contributed by atoms with Gasteiger partial charge in [-0.25, -0.2) is 4.68 Å². The largest absolute Gasteiger partial charge is 0.493 e. The van der Waals surface area contributed by atoms with E-state index in [1.807, 2.05) is 20.8 Å². The number of rotatable bonds is 2. The smallest absolute Gasteiger partial charge is 0.213 e. The molecule has 0 bridgehead atoms. The second kappa shape index (κ2) is 4.97. The van der Waals surface area contributed by atoms with E-state index in [2.05, 4.69) is 50.1 Å². The van der Waals surface area contributed by atoms with E-state index in [-0.39, 0.29) is 17.3 Å². The molecule has 3 nitrogen and oxygen atoms in total. The summed E-state index contributed by atoms with van der Waals surface area (Å²) in [6.45, 7) is 12.4. The maximum Gasteiger partial charge on any atom is 0.213 e. The van der Waals surface area contributed by atoms with Crippen molar-refractivity contribution in [3.63, 3.8) is 0 Å². The zero-order valence-electron chi connectivity index (χ0n) is 13.2. The highest BCUT2D eigenvalue weighted by Gasteiger charge is 2.26. The van der Waals surface area contributed by atoms with Crippen LogP contribution in [0.5, 0.6) is 5.88 Å². The Balaban J connectivity index is 2.66. The van der Waals surface area contributed by atoms with Crippen molar-refractivity contribution < 1.29 is 5.11 Å². The van der Waals surface area contributed by atoms with Crippen molar-refractivity contribution in [2.24, 2.45) is 0 Å². The molecule has 0 saturated carbocycles. The molecule has 1 aromatic heterocycles. The minimum absolute atomic E-state index is 0.224. The van der Waals surface area contributed by atoms with Gasteiger partial charge >= 0.3 is 0 Å². The molecule has 0 aliphatic heterocycles. The van der Waals surface area contributed by atoms with Gasteiger partial charge < -0.3 is 5.11 Å². The third-order valence-electron chi connectivity index (χ3n) is 3.43. The van der Waals surface area contributed by atoms with Crippen LogP contribution in [0.15, 0.2) is 24.3 Å². The molecule has 0 radical (unpaired) electrons. The number of aryl methyl sites for hydroxylation is 1. The van der Waals surface area contributed by atoms with Crippen LogP contribution in [-0.2, 0) is 5.54 Å². The van der Waals surface area contributed by atoms with Crippen molar-refractivity contribution in [2.75, 3.05) is 0 Å². The van der Waals surface area contributed by atoms with Gasteiger partial charge in [0, 0.05) is 11.1 Å². The molecule has 3 heteroatoms. The third-order valence-corrected chi connectivity index (χ3v) is 3.43. The van der Waals surface area contributed by atoms with Gasteiger partial charge in [0.05, 0.1) is 11.2 Å². The molecule has 108 valence electrons. The van der Waals surface area contributed by atoms with Gasteiger partial charge in [-0.2, -0.15) is 5.10 Å². The Kier molecular flexibility index (Phi) is 3.63. The second-order valence-corrected chi connectivity index (χ2v) is 6.69. The Morgan fingerprint density at radius 1 is 1.10 bits per heavy atom. The van der Waals surface area contributed by atoms with Crippen LogP contribution in [0.1, 0.15) is 51.7 Å². The van der Waals surface area contributed by atoms with Crippen molar-refractivity contribution in [2.45, 2.75) is 53.0 Å². The molecule has 1 aromatic carbocycles. The van der Waals surface area contributed by atoms with Crippen molar-refractivity contribution in [1.29, 1.82) is 0 Å². The second-order valence-electron chi connectivity index (χ2n) is 6.69. The van der Waals surface area contributed by atoms with Crippen LogP contribution in [-0.4, -0.2) is 14.9 Å². The lowest BCUT2D eigenvalue weighted by molar-refractivity contribution is 0.293. The molecule has 2 aromatic rings. The van der Waals surface area contributed by atoms with Crippen LogP contribution in [0.3, 0.4) is 0 Å². The molecule has 0 unspecified atom stereocenters. The van der Waals surface area contributed by atoms with Crippen LogP contribution in [0.25, 0.3) is 11.3 Å². The molecule has 0 fully saturated rings. The van der Waals surface area contributed by atoms with Gasteiger partial charge in [-0.15, -0.1) is 0 Å². The van der Waals surface area contributed by atoms with Gasteiger partial charge in [0.2, 0.25) is 5.88 Å². The minimum Gasteiger partial charge on any atom is -0.493 e. The number of nitrogens with zero attached hydrogens (tertiary/aromatic N) is 2. The fourth-order valence-electron chi connectivity index (χ4n) is 2.35. The number of aromatic hydroxyl groups is 1. The topological polar surface area (TPSA) is 38.0 Å². The van der Waals surface area contributed by atoms with E-state index in [4.69, 9.17) is 0 Å². The maximum absolute atomic E-state index is 10.5. The summed E-state index contributed by atoms with van der Waals surface area (Å²) >= 11 is 0. The first-order chi connectivity index (χ1) is 9.21. The molecule has 0 spiro atoms. The summed E-state index contributed by atoms with van der Waals surface area (Å²) < 4.78 is 1.72. The number of benzene rings is 1. The highest BCUT2D eigenvalue weighted by Crippen LogP contribution is 2.37. The van der Waals surface area contributed by atoms with E-state index in [0.717, 1.165) is 16.8 Å². The SMILES string of the molecule is Cc1ccc(-c2nn(C(C)(C)C)c(O)c2C(C)C)cc1. The fraction of sp³-hybridized carbons (Fsp3) is 0.471. The Morgan fingerprint density at radius 2 is 1.65 bits per heavy atom. The van der Waals surface area contributed by atoms with Crippen LogP contribution in [0.2, 0.25) is 0 Å². The lowest BCUT2D eigenvalue weighted by Gasteiger charge is -2.20. The van der Waals surface area contributed by atoms with E-state index in [9.17, 15) is 5.11 Å². The molecular formula is C17H24N2O. The average Bonchev–Trinajstić information content (AvgIpc) is 2.67. The minimum atomic E-state index is -0.239. The summed E-state index contributed by atoms with van der Waals surface area (Å²) in [5, 5.41) is 15.2. The summed E-state index contributed by atoms with van der Waals surface area (Å²) in [4.78, 5) is 0. The zero-order chi connectivity index (χ0) is 15.1. The summed E-state index contributed by atoms with van der Waals surface area (Å²) in [6.07, 6.45) is 0. The molecule has 20 heavy (non-hydrogen) atoms. The van der Waals surface area contributed by atoms with Crippen LogP contribution < -0.4 is 0 Å². The molecule has 2 rings (SSSR count). The van der Waals surface area contributed by atoms with Crippen LogP contribution >= 0.6 is 0 Å². The van der Waals surface area contributed by atoms with Crippen molar-refractivity contribution >= 4 is 0 Å². The average molecular weight is 272 g/mol. The van der Waals surface area contributed by atoms with E-state index in [1.54, 1.807) is 4.68 Å². The van der Waals surface area contributed by atoms with Gasteiger partial charge in [0.25, 0.3) is 0 Å². The molecule has 0 aliphatic rings. The zero-order valence-corrected chi connectivity index (χ0v) is 13.2. The lowest BCUT2D eigenvalue weighted by Crippen LogP contribution is -2.22. The normalized spacial score (nSPS) is 12.2. The number of aromatic nitrogens is 2. The number of hydrogen-bond acceptors (Lipinski definition) is 2. The van der Waals surface area contributed by atoms with Crippen LogP contribution in [0.4, 0.5) is 0 Å². The summed E-state index contributed by atoms with van der Waals surface area (Å²) in [7, 11) is 0. The van der Waals surface area contributed by atoms with Crippen molar-refractivity contribution in [3.8, 4) is 17.1 Å². The Labute approximate surface area is 121 Å². The third kappa shape index (κ3) is 2.58.